The first-order valence-corrected chi connectivity index (χ1v) is 9.79. The van der Waals surface area contributed by atoms with E-state index < -0.39 is 11.0 Å². The minimum Gasteiger partial charge on any atom is -0.492 e. The zero-order chi connectivity index (χ0) is 18.9. The molecule has 1 saturated heterocycles. The number of piperidine rings is 1. The lowest BCUT2D eigenvalue weighted by molar-refractivity contribution is -0.156. The summed E-state index contributed by atoms with van der Waals surface area (Å²) in [5.41, 5.74) is 2.20. The molecule has 0 bridgehead atoms. The lowest BCUT2D eigenvalue weighted by Crippen LogP contribution is -2.71. The molecule has 1 aliphatic carbocycles. The molecular weight excluding hydrogens is 326 g/mol. The Morgan fingerprint density at radius 3 is 2.65 bits per heavy atom. The van der Waals surface area contributed by atoms with E-state index in [0.717, 1.165) is 30.0 Å². The zero-order valence-corrected chi connectivity index (χ0v) is 16.8. The minimum absolute atomic E-state index is 0.0464. The van der Waals surface area contributed by atoms with Gasteiger partial charge in [-0.05, 0) is 71.8 Å². The minimum atomic E-state index is -0.877. The Hall–Kier alpha value is -1.52. The van der Waals surface area contributed by atoms with Crippen molar-refractivity contribution < 1.29 is 14.6 Å². The lowest BCUT2D eigenvalue weighted by Gasteiger charge is -2.58. The van der Waals surface area contributed by atoms with E-state index in [2.05, 4.69) is 50.9 Å². The van der Waals surface area contributed by atoms with Gasteiger partial charge in [-0.15, -0.1) is 0 Å². The maximum absolute atomic E-state index is 12.1. The predicted molar refractivity (Wildman–Crippen MR) is 103 cm³/mol. The molecule has 4 nitrogen and oxygen atoms in total. The van der Waals surface area contributed by atoms with E-state index in [0.29, 0.717) is 6.42 Å². The van der Waals surface area contributed by atoms with E-state index in [1.54, 1.807) is 0 Å². The van der Waals surface area contributed by atoms with E-state index in [1.165, 1.54) is 11.1 Å². The number of ether oxygens (including phenoxy) is 2. The topological polar surface area (TPSA) is 41.9 Å². The van der Waals surface area contributed by atoms with E-state index in [1.807, 2.05) is 13.8 Å². The number of hydrogen-bond donors (Lipinski definition) is 1. The fourth-order valence-corrected chi connectivity index (χ4v) is 5.44. The molecule has 4 rings (SSSR count). The van der Waals surface area contributed by atoms with Crippen molar-refractivity contribution >= 4 is 0 Å². The first-order valence-electron chi connectivity index (χ1n) is 9.79. The summed E-state index contributed by atoms with van der Waals surface area (Å²) in [6.45, 7) is 11.4. The van der Waals surface area contributed by atoms with E-state index >= 15 is 0 Å². The van der Waals surface area contributed by atoms with Crippen LogP contribution in [0.15, 0.2) is 24.0 Å². The Balaban J connectivity index is 1.97. The molecule has 0 radical (unpaired) electrons. The van der Waals surface area contributed by atoms with Crippen LogP contribution in [0, 0.1) is 13.8 Å². The van der Waals surface area contributed by atoms with E-state index in [9.17, 15) is 5.11 Å². The van der Waals surface area contributed by atoms with Crippen molar-refractivity contribution in [1.29, 1.82) is 0 Å². The number of likely N-dealkylation sites (tertiary alicyclic amines) is 1. The van der Waals surface area contributed by atoms with E-state index in [-0.39, 0.29) is 18.2 Å². The van der Waals surface area contributed by atoms with Crippen molar-refractivity contribution in [2.45, 2.75) is 76.7 Å². The monoisotopic (exact) mass is 357 g/mol. The molecule has 4 atom stereocenters. The van der Waals surface area contributed by atoms with Gasteiger partial charge in [0.2, 0.25) is 0 Å². The summed E-state index contributed by atoms with van der Waals surface area (Å²) in [5, 5.41) is 12.1. The van der Waals surface area contributed by atoms with Crippen LogP contribution >= 0.6 is 0 Å². The Morgan fingerprint density at radius 1 is 1.27 bits per heavy atom. The fraction of sp³-hybridized carbons (Fsp3) is 0.636. The van der Waals surface area contributed by atoms with Crippen LogP contribution in [0.4, 0.5) is 0 Å². The number of aliphatic hydroxyl groups is 1. The molecule has 1 spiro atoms. The Morgan fingerprint density at radius 2 is 1.96 bits per heavy atom. The van der Waals surface area contributed by atoms with Gasteiger partial charge in [-0.2, -0.15) is 0 Å². The molecule has 4 heteroatoms. The summed E-state index contributed by atoms with van der Waals surface area (Å²) in [7, 11) is 2.11. The molecule has 142 valence electrons. The van der Waals surface area contributed by atoms with Gasteiger partial charge in [-0.25, -0.2) is 0 Å². The van der Waals surface area contributed by atoms with Crippen LogP contribution in [-0.2, 0) is 10.2 Å². The van der Waals surface area contributed by atoms with Gasteiger partial charge in [0, 0.05) is 18.0 Å². The number of aryl methyl sites for hydroxylation is 2. The summed E-state index contributed by atoms with van der Waals surface area (Å²) >= 11 is 0. The van der Waals surface area contributed by atoms with Gasteiger partial charge >= 0.3 is 0 Å². The quantitative estimate of drug-likeness (QED) is 0.880. The third-order valence-corrected chi connectivity index (χ3v) is 6.92. The van der Waals surface area contributed by atoms with Crippen LogP contribution in [0.1, 0.15) is 50.3 Å². The van der Waals surface area contributed by atoms with Gasteiger partial charge in [0.05, 0.1) is 17.1 Å². The molecule has 2 aliphatic heterocycles. The third kappa shape index (κ3) is 2.09. The number of rotatable bonds is 2. The highest BCUT2D eigenvalue weighted by molar-refractivity contribution is 5.59. The van der Waals surface area contributed by atoms with E-state index in [4.69, 9.17) is 9.47 Å². The summed E-state index contributed by atoms with van der Waals surface area (Å²) in [5.74, 6) is 1.83. The molecule has 1 N–H and O–H groups in total. The second kappa shape index (κ2) is 5.74. The highest BCUT2D eigenvalue weighted by Crippen LogP contribution is 2.61. The molecule has 0 amide bonds. The van der Waals surface area contributed by atoms with Gasteiger partial charge in [-0.3, -0.25) is 0 Å². The number of nitrogens with zero attached hydrogens (tertiary/aromatic N) is 1. The maximum atomic E-state index is 12.1. The predicted octanol–water partition coefficient (Wildman–Crippen LogP) is 3.47. The smallest absolute Gasteiger partial charge is 0.168 e. The average Bonchev–Trinajstić information content (AvgIpc) is 2.95. The van der Waals surface area contributed by atoms with Crippen LogP contribution in [0.25, 0.3) is 0 Å². The van der Waals surface area contributed by atoms with Crippen molar-refractivity contribution in [3.63, 3.8) is 0 Å². The molecule has 0 saturated carbocycles. The first kappa shape index (κ1) is 17.9. The van der Waals surface area contributed by atoms with Gasteiger partial charge < -0.3 is 19.5 Å². The largest absolute Gasteiger partial charge is 0.492 e. The summed E-state index contributed by atoms with van der Waals surface area (Å²) in [4.78, 5) is 2.27. The molecule has 26 heavy (non-hydrogen) atoms. The molecule has 1 aromatic carbocycles. The number of likely N-dealkylation sites (N-methyl/N-ethyl adjacent to an activating group) is 1. The highest BCUT2D eigenvalue weighted by Gasteiger charge is 2.68. The summed E-state index contributed by atoms with van der Waals surface area (Å²) in [6.07, 6.45) is 3.35. The summed E-state index contributed by atoms with van der Waals surface area (Å²) < 4.78 is 12.8. The van der Waals surface area contributed by atoms with Crippen molar-refractivity contribution in [3.8, 4) is 5.75 Å². The first-order chi connectivity index (χ1) is 12.2. The molecule has 4 unspecified atom stereocenters. The molecule has 1 fully saturated rings. The number of hydrogen-bond acceptors (Lipinski definition) is 4. The van der Waals surface area contributed by atoms with Gasteiger partial charge in [0.25, 0.3) is 0 Å². The maximum Gasteiger partial charge on any atom is 0.168 e. The van der Waals surface area contributed by atoms with Crippen LogP contribution < -0.4 is 4.74 Å². The van der Waals surface area contributed by atoms with Crippen molar-refractivity contribution in [1.82, 2.24) is 4.90 Å². The SMILES string of the molecule is Cc1ccc(C)c2c1OC1C(OC(C)C)=CCC3(O)C(C)N(C)CCC213. The number of benzene rings is 1. The molecule has 1 aromatic rings. The van der Waals surface area contributed by atoms with Gasteiger partial charge in [0.1, 0.15) is 11.5 Å². The number of fused-ring (bicyclic) bond motifs is 1. The Bertz CT molecular complexity index is 771. The molecular formula is C22H31NO3. The highest BCUT2D eigenvalue weighted by atomic mass is 16.5. The van der Waals surface area contributed by atoms with Gasteiger partial charge in [-0.1, -0.05) is 12.1 Å². The third-order valence-electron chi connectivity index (χ3n) is 6.92. The van der Waals surface area contributed by atoms with Crippen LogP contribution in [0.3, 0.4) is 0 Å². The van der Waals surface area contributed by atoms with Crippen molar-refractivity contribution in [2.24, 2.45) is 0 Å². The molecule has 0 aromatic heterocycles. The van der Waals surface area contributed by atoms with Crippen molar-refractivity contribution in [3.05, 3.63) is 40.7 Å². The Kier molecular flexibility index (Phi) is 3.94. The second-order valence-corrected chi connectivity index (χ2v) is 8.68. The molecule has 3 aliphatic rings. The van der Waals surface area contributed by atoms with Crippen LogP contribution in [0.5, 0.6) is 5.75 Å². The molecule has 2 heterocycles. The van der Waals surface area contributed by atoms with Crippen LogP contribution in [0.2, 0.25) is 0 Å². The summed E-state index contributed by atoms with van der Waals surface area (Å²) in [6, 6.07) is 4.33. The zero-order valence-electron chi connectivity index (χ0n) is 16.8. The van der Waals surface area contributed by atoms with Crippen molar-refractivity contribution in [2.75, 3.05) is 13.6 Å². The average molecular weight is 357 g/mol. The van der Waals surface area contributed by atoms with Crippen LogP contribution in [-0.4, -0.2) is 47.4 Å². The Labute approximate surface area is 156 Å². The lowest BCUT2D eigenvalue weighted by atomic mass is 9.54. The standard InChI is InChI=1S/C22H31NO3/c1-13(2)25-17-9-10-22(24)16(5)23(6)12-11-21(22)18-14(3)7-8-15(4)19(18)26-20(17)21/h7-9,13,16,20,24H,10-12H2,1-6H3. The normalized spacial score (nSPS) is 36.1. The fourth-order valence-electron chi connectivity index (χ4n) is 5.44. The second-order valence-electron chi connectivity index (χ2n) is 8.68. The van der Waals surface area contributed by atoms with Gasteiger partial charge in [0.15, 0.2) is 6.10 Å².